The summed E-state index contributed by atoms with van der Waals surface area (Å²) in [5.41, 5.74) is 1.74. The first-order valence-corrected chi connectivity index (χ1v) is 11.4. The predicted molar refractivity (Wildman–Crippen MR) is 124 cm³/mol. The maximum atomic E-state index is 13.4. The van der Waals surface area contributed by atoms with Gasteiger partial charge in [-0.2, -0.15) is 0 Å². The Labute approximate surface area is 191 Å². The molecule has 0 aromatic heterocycles. The molecule has 31 heavy (non-hydrogen) atoms. The van der Waals surface area contributed by atoms with Crippen LogP contribution in [-0.4, -0.2) is 28.0 Å². The first-order valence-electron chi connectivity index (χ1n) is 9.19. The summed E-state index contributed by atoms with van der Waals surface area (Å²) in [5, 5.41) is 3.28. The first-order chi connectivity index (χ1) is 14.7. The van der Waals surface area contributed by atoms with Crippen molar-refractivity contribution in [3.05, 3.63) is 82.3 Å². The van der Waals surface area contributed by atoms with Crippen molar-refractivity contribution in [2.24, 2.45) is 0 Å². The summed E-state index contributed by atoms with van der Waals surface area (Å²) in [6.07, 6.45) is 0. The van der Waals surface area contributed by atoms with Crippen LogP contribution >= 0.6 is 23.2 Å². The molecule has 1 N–H and O–H groups in total. The molecule has 0 saturated heterocycles. The van der Waals surface area contributed by atoms with Crippen LogP contribution in [0, 0.1) is 6.92 Å². The first kappa shape index (κ1) is 22.9. The van der Waals surface area contributed by atoms with Gasteiger partial charge in [-0.25, -0.2) is 8.42 Å². The van der Waals surface area contributed by atoms with Gasteiger partial charge in [0.05, 0.1) is 27.7 Å². The number of nitrogens with zero attached hydrogens (tertiary/aromatic N) is 1. The number of nitrogens with one attached hydrogen (secondary N) is 1. The molecule has 0 unspecified atom stereocenters. The van der Waals surface area contributed by atoms with Crippen LogP contribution in [0.25, 0.3) is 0 Å². The molecule has 3 rings (SSSR count). The Morgan fingerprint density at radius 2 is 1.61 bits per heavy atom. The van der Waals surface area contributed by atoms with Crippen molar-refractivity contribution in [1.29, 1.82) is 0 Å². The minimum atomic E-state index is -4.02. The van der Waals surface area contributed by atoms with Crippen molar-refractivity contribution in [3.8, 4) is 5.75 Å². The van der Waals surface area contributed by atoms with E-state index in [2.05, 4.69) is 5.32 Å². The zero-order valence-electron chi connectivity index (χ0n) is 16.8. The standard InChI is InChI=1S/C22H20Cl2N2O4S/c1-15-3-6-17(7-4-15)26(31(28,29)19-10-8-18(30-2)9-11-19)14-22(27)25-16-5-12-20(23)21(24)13-16/h3-13H,14H2,1-2H3,(H,25,27). The molecule has 0 bridgehead atoms. The molecule has 9 heteroatoms. The Balaban J connectivity index is 1.92. The summed E-state index contributed by atoms with van der Waals surface area (Å²) in [4.78, 5) is 12.8. The van der Waals surface area contributed by atoms with Crippen molar-refractivity contribution >= 4 is 50.5 Å². The number of methoxy groups -OCH3 is 1. The normalized spacial score (nSPS) is 11.1. The number of aryl methyl sites for hydroxylation is 1. The zero-order chi connectivity index (χ0) is 22.6. The monoisotopic (exact) mass is 478 g/mol. The minimum absolute atomic E-state index is 0.0382. The van der Waals surface area contributed by atoms with Crippen molar-refractivity contribution in [3.63, 3.8) is 0 Å². The predicted octanol–water partition coefficient (Wildman–Crippen LogP) is 5.14. The second-order valence-electron chi connectivity index (χ2n) is 6.70. The number of carbonyl (C=O) groups excluding carboxylic acids is 1. The highest BCUT2D eigenvalue weighted by Crippen LogP contribution is 2.27. The van der Waals surface area contributed by atoms with Crippen LogP contribution in [0.4, 0.5) is 11.4 Å². The maximum Gasteiger partial charge on any atom is 0.264 e. The number of amides is 1. The third kappa shape index (κ3) is 5.50. The van der Waals surface area contributed by atoms with Crippen molar-refractivity contribution in [1.82, 2.24) is 0 Å². The topological polar surface area (TPSA) is 75.7 Å². The highest BCUT2D eigenvalue weighted by Gasteiger charge is 2.27. The van der Waals surface area contributed by atoms with Gasteiger partial charge in [-0.1, -0.05) is 40.9 Å². The fraction of sp³-hybridized carbons (Fsp3) is 0.136. The van der Waals surface area contributed by atoms with E-state index in [9.17, 15) is 13.2 Å². The Morgan fingerprint density at radius 1 is 0.968 bits per heavy atom. The average molecular weight is 479 g/mol. The molecule has 162 valence electrons. The number of halogens is 2. The molecule has 6 nitrogen and oxygen atoms in total. The Bertz CT molecular complexity index is 1180. The molecule has 0 aliphatic heterocycles. The van der Waals surface area contributed by atoms with Gasteiger partial charge in [0.25, 0.3) is 10.0 Å². The van der Waals surface area contributed by atoms with Gasteiger partial charge in [-0.05, 0) is 61.5 Å². The zero-order valence-corrected chi connectivity index (χ0v) is 19.1. The molecule has 0 aliphatic rings. The smallest absolute Gasteiger partial charge is 0.264 e. The lowest BCUT2D eigenvalue weighted by Crippen LogP contribution is -2.38. The number of ether oxygens (including phenoxy) is 1. The van der Waals surface area contributed by atoms with E-state index in [4.69, 9.17) is 27.9 Å². The summed E-state index contributed by atoms with van der Waals surface area (Å²) in [5.74, 6) is -0.00533. The second kappa shape index (κ2) is 9.60. The van der Waals surface area contributed by atoms with E-state index in [0.717, 1.165) is 9.87 Å². The summed E-state index contributed by atoms with van der Waals surface area (Å²) < 4.78 is 32.9. The van der Waals surface area contributed by atoms with Crippen LogP contribution in [0.5, 0.6) is 5.75 Å². The molecule has 0 atom stereocenters. The fourth-order valence-corrected chi connectivity index (χ4v) is 4.52. The van der Waals surface area contributed by atoms with Crippen LogP contribution in [0.1, 0.15) is 5.56 Å². The van der Waals surface area contributed by atoms with Crippen molar-refractivity contribution in [2.45, 2.75) is 11.8 Å². The number of carbonyl (C=O) groups is 1. The molecule has 0 aliphatic carbocycles. The fourth-order valence-electron chi connectivity index (χ4n) is 2.81. The van der Waals surface area contributed by atoms with Gasteiger partial charge in [-0.3, -0.25) is 9.10 Å². The molecule has 0 fully saturated rings. The maximum absolute atomic E-state index is 13.4. The van der Waals surface area contributed by atoms with Crippen LogP contribution in [0.2, 0.25) is 10.0 Å². The number of hydrogen-bond donors (Lipinski definition) is 1. The quantitative estimate of drug-likeness (QED) is 0.509. The van der Waals surface area contributed by atoms with Gasteiger partial charge in [0, 0.05) is 5.69 Å². The third-order valence-corrected chi connectivity index (χ3v) is 6.99. The summed E-state index contributed by atoms with van der Waals surface area (Å²) in [7, 11) is -2.53. The van der Waals surface area contributed by atoms with Gasteiger partial charge in [0.2, 0.25) is 5.91 Å². The summed E-state index contributed by atoms with van der Waals surface area (Å²) >= 11 is 11.9. The lowest BCUT2D eigenvalue weighted by molar-refractivity contribution is -0.114. The number of sulfonamides is 1. The van der Waals surface area contributed by atoms with E-state index in [-0.39, 0.29) is 9.92 Å². The Kier molecular flexibility index (Phi) is 7.10. The molecule has 3 aromatic rings. The number of rotatable bonds is 7. The van der Waals surface area contributed by atoms with Gasteiger partial charge in [0.1, 0.15) is 12.3 Å². The molecular formula is C22H20Cl2N2O4S. The highest BCUT2D eigenvalue weighted by atomic mass is 35.5. The molecule has 0 radical (unpaired) electrons. The van der Waals surface area contributed by atoms with Crippen molar-refractivity contribution in [2.75, 3.05) is 23.3 Å². The molecule has 0 heterocycles. The van der Waals surface area contributed by atoms with Gasteiger partial charge in [0.15, 0.2) is 0 Å². The molecule has 1 amide bonds. The second-order valence-corrected chi connectivity index (χ2v) is 9.38. The number of benzene rings is 3. The molecule has 0 spiro atoms. The third-order valence-electron chi connectivity index (χ3n) is 4.46. The van der Waals surface area contributed by atoms with E-state index in [1.54, 1.807) is 48.5 Å². The molecular weight excluding hydrogens is 459 g/mol. The van der Waals surface area contributed by atoms with E-state index in [1.165, 1.54) is 25.3 Å². The van der Waals surface area contributed by atoms with E-state index in [1.807, 2.05) is 6.92 Å². The highest BCUT2D eigenvalue weighted by molar-refractivity contribution is 7.92. The summed E-state index contributed by atoms with van der Waals surface area (Å²) in [6.45, 7) is 1.46. The van der Waals surface area contributed by atoms with Crippen molar-refractivity contribution < 1.29 is 17.9 Å². The number of hydrogen-bond acceptors (Lipinski definition) is 4. The van der Waals surface area contributed by atoms with Crippen LogP contribution in [0.3, 0.4) is 0 Å². The summed E-state index contributed by atoms with van der Waals surface area (Å²) in [6, 6.07) is 17.5. The van der Waals surface area contributed by atoms with Gasteiger partial charge < -0.3 is 10.1 Å². The lowest BCUT2D eigenvalue weighted by atomic mass is 10.2. The van der Waals surface area contributed by atoms with E-state index in [0.29, 0.717) is 22.1 Å². The SMILES string of the molecule is COc1ccc(S(=O)(=O)N(CC(=O)Nc2ccc(Cl)c(Cl)c2)c2ccc(C)cc2)cc1. The largest absolute Gasteiger partial charge is 0.497 e. The lowest BCUT2D eigenvalue weighted by Gasteiger charge is -2.24. The minimum Gasteiger partial charge on any atom is -0.497 e. The van der Waals surface area contributed by atoms with Crippen LogP contribution in [-0.2, 0) is 14.8 Å². The van der Waals surface area contributed by atoms with E-state index < -0.39 is 22.5 Å². The average Bonchev–Trinajstić information content (AvgIpc) is 2.75. The van der Waals surface area contributed by atoms with Crippen LogP contribution in [0.15, 0.2) is 71.6 Å². The molecule has 3 aromatic carbocycles. The Hall–Kier alpha value is -2.74. The van der Waals surface area contributed by atoms with Gasteiger partial charge >= 0.3 is 0 Å². The van der Waals surface area contributed by atoms with E-state index >= 15 is 0 Å². The number of anilines is 2. The Morgan fingerprint density at radius 3 is 2.19 bits per heavy atom. The van der Waals surface area contributed by atoms with Crippen LogP contribution < -0.4 is 14.4 Å². The molecule has 0 saturated carbocycles. The van der Waals surface area contributed by atoms with Gasteiger partial charge in [-0.15, -0.1) is 0 Å².